The highest BCUT2D eigenvalue weighted by atomic mass is 16.6. The van der Waals surface area contributed by atoms with E-state index in [2.05, 4.69) is 17.1 Å². The van der Waals surface area contributed by atoms with Gasteiger partial charge in [-0.1, -0.05) is 19.4 Å². The lowest BCUT2D eigenvalue weighted by Gasteiger charge is -2.36. The Morgan fingerprint density at radius 3 is 2.40 bits per heavy atom. The van der Waals surface area contributed by atoms with Crippen molar-refractivity contribution in [1.29, 1.82) is 0 Å². The van der Waals surface area contributed by atoms with Gasteiger partial charge in [-0.15, -0.1) is 0 Å². The second-order valence-electron chi connectivity index (χ2n) is 7.28. The topological polar surface area (TPSA) is 95.8 Å². The molecule has 0 radical (unpaired) electrons. The Hall–Kier alpha value is -3.42. The number of benzene rings is 2. The summed E-state index contributed by atoms with van der Waals surface area (Å²) >= 11 is 0. The number of piperazine rings is 1. The molecule has 0 aliphatic carbocycles. The summed E-state index contributed by atoms with van der Waals surface area (Å²) in [6.45, 7) is 5.07. The lowest BCUT2D eigenvalue weighted by atomic mass is 10.1. The Bertz CT molecular complexity index is 906. The molecule has 1 saturated heterocycles. The van der Waals surface area contributed by atoms with E-state index in [1.165, 1.54) is 24.3 Å². The van der Waals surface area contributed by atoms with E-state index in [0.29, 0.717) is 25.2 Å². The summed E-state index contributed by atoms with van der Waals surface area (Å²) in [6, 6.07) is 13.1. The molecule has 0 bridgehead atoms. The molecule has 1 fully saturated rings. The van der Waals surface area contributed by atoms with E-state index in [4.69, 9.17) is 0 Å². The normalized spacial score (nSPS) is 13.8. The van der Waals surface area contributed by atoms with Crippen LogP contribution < -0.4 is 10.2 Å². The number of hydrogen-bond acceptors (Lipinski definition) is 5. The summed E-state index contributed by atoms with van der Waals surface area (Å²) in [4.78, 5) is 39.0. The molecule has 1 N–H and O–H groups in total. The second kappa shape index (κ2) is 9.87. The van der Waals surface area contributed by atoms with Crippen molar-refractivity contribution in [3.63, 3.8) is 0 Å². The Balaban J connectivity index is 1.55. The van der Waals surface area contributed by atoms with Crippen molar-refractivity contribution in [1.82, 2.24) is 4.90 Å². The van der Waals surface area contributed by atoms with Gasteiger partial charge in [0.1, 0.15) is 0 Å². The van der Waals surface area contributed by atoms with E-state index in [-0.39, 0.29) is 17.2 Å². The second-order valence-corrected chi connectivity index (χ2v) is 7.28. The number of carbonyl (C=O) groups is 2. The largest absolute Gasteiger partial charge is 0.368 e. The number of anilines is 2. The van der Waals surface area contributed by atoms with Crippen LogP contribution in [0.5, 0.6) is 0 Å². The Morgan fingerprint density at radius 2 is 1.77 bits per heavy atom. The van der Waals surface area contributed by atoms with Crippen molar-refractivity contribution in [2.24, 2.45) is 0 Å². The van der Waals surface area contributed by atoms with Crippen molar-refractivity contribution in [3.8, 4) is 0 Å². The quantitative estimate of drug-likeness (QED) is 0.555. The summed E-state index contributed by atoms with van der Waals surface area (Å²) in [6.07, 6.45) is 2.58. The van der Waals surface area contributed by atoms with E-state index in [0.717, 1.165) is 31.6 Å². The first-order valence-electron chi connectivity index (χ1n) is 10.2. The molecule has 8 nitrogen and oxygen atoms in total. The van der Waals surface area contributed by atoms with Crippen LogP contribution in [0.2, 0.25) is 0 Å². The molecule has 0 atom stereocenters. The third kappa shape index (κ3) is 5.34. The summed E-state index contributed by atoms with van der Waals surface area (Å²) in [5.74, 6) is -0.165. The molecule has 1 aliphatic heterocycles. The molecule has 2 aromatic rings. The maximum atomic E-state index is 12.4. The summed E-state index contributed by atoms with van der Waals surface area (Å²) in [7, 11) is 0. The maximum absolute atomic E-state index is 12.4. The predicted molar refractivity (Wildman–Crippen MR) is 116 cm³/mol. The zero-order valence-corrected chi connectivity index (χ0v) is 17.0. The van der Waals surface area contributed by atoms with Gasteiger partial charge in [-0.05, 0) is 36.8 Å². The minimum absolute atomic E-state index is 0.120. The molecular formula is C22H26N4O4. The van der Waals surface area contributed by atoms with Crippen LogP contribution in [0.1, 0.15) is 36.5 Å². The number of nitro benzene ring substituents is 1. The van der Waals surface area contributed by atoms with Crippen molar-refractivity contribution >= 4 is 28.9 Å². The number of carbonyl (C=O) groups excluding carboxylic acids is 2. The highest BCUT2D eigenvalue weighted by Gasteiger charge is 2.21. The number of nitrogens with one attached hydrogen (secondary N) is 1. The minimum Gasteiger partial charge on any atom is -0.368 e. The number of nitro groups is 1. The SMILES string of the molecule is CCCCC(=O)N1CCN(c2ccc(NC(=O)c3cccc([N+](=O)[O-])c3)cc2)CC1. The lowest BCUT2D eigenvalue weighted by molar-refractivity contribution is -0.384. The van der Waals surface area contributed by atoms with E-state index in [1.807, 2.05) is 29.2 Å². The highest BCUT2D eigenvalue weighted by Crippen LogP contribution is 2.21. The number of amides is 2. The van der Waals surface area contributed by atoms with Crippen LogP contribution in [0.15, 0.2) is 48.5 Å². The van der Waals surface area contributed by atoms with Crippen molar-refractivity contribution in [2.75, 3.05) is 36.4 Å². The number of non-ortho nitro benzene ring substituents is 1. The van der Waals surface area contributed by atoms with Gasteiger partial charge in [0, 0.05) is 61.7 Å². The average Bonchev–Trinajstić information content (AvgIpc) is 2.78. The first-order chi connectivity index (χ1) is 14.5. The van der Waals surface area contributed by atoms with E-state index in [1.54, 1.807) is 0 Å². The van der Waals surface area contributed by atoms with Gasteiger partial charge in [0.15, 0.2) is 0 Å². The fraction of sp³-hybridized carbons (Fsp3) is 0.364. The highest BCUT2D eigenvalue weighted by molar-refractivity contribution is 6.04. The summed E-state index contributed by atoms with van der Waals surface area (Å²) < 4.78 is 0. The van der Waals surface area contributed by atoms with Crippen molar-refractivity contribution in [3.05, 3.63) is 64.2 Å². The van der Waals surface area contributed by atoms with Gasteiger partial charge in [0.2, 0.25) is 5.91 Å². The van der Waals surface area contributed by atoms with Gasteiger partial charge in [0.25, 0.3) is 11.6 Å². The molecule has 30 heavy (non-hydrogen) atoms. The van der Waals surface area contributed by atoms with Crippen molar-refractivity contribution in [2.45, 2.75) is 26.2 Å². The standard InChI is InChI=1S/C22H26N4O4/c1-2-3-7-21(27)25-14-12-24(13-15-25)19-10-8-18(9-11-19)23-22(28)17-5-4-6-20(16-17)26(29)30/h4-6,8-11,16H,2-3,7,12-15H2,1H3,(H,23,28). The molecule has 1 heterocycles. The molecule has 1 aliphatic rings. The summed E-state index contributed by atoms with van der Waals surface area (Å²) in [5.41, 5.74) is 1.76. The van der Waals surface area contributed by atoms with Gasteiger partial charge < -0.3 is 15.1 Å². The molecule has 0 saturated carbocycles. The van der Waals surface area contributed by atoms with E-state index in [9.17, 15) is 19.7 Å². The molecule has 0 spiro atoms. The minimum atomic E-state index is -0.525. The van der Waals surface area contributed by atoms with E-state index >= 15 is 0 Å². The zero-order chi connectivity index (χ0) is 21.5. The average molecular weight is 410 g/mol. The molecular weight excluding hydrogens is 384 g/mol. The lowest BCUT2D eigenvalue weighted by Crippen LogP contribution is -2.48. The molecule has 158 valence electrons. The van der Waals surface area contributed by atoms with Gasteiger partial charge in [-0.3, -0.25) is 19.7 Å². The fourth-order valence-electron chi connectivity index (χ4n) is 3.42. The van der Waals surface area contributed by atoms with Gasteiger partial charge in [-0.2, -0.15) is 0 Å². The number of nitrogens with zero attached hydrogens (tertiary/aromatic N) is 3. The molecule has 2 amide bonds. The monoisotopic (exact) mass is 410 g/mol. The summed E-state index contributed by atoms with van der Waals surface area (Å²) in [5, 5.41) is 13.6. The van der Waals surface area contributed by atoms with E-state index < -0.39 is 10.8 Å². The third-order valence-corrected chi connectivity index (χ3v) is 5.19. The van der Waals surface area contributed by atoms with Crippen LogP contribution in [0.3, 0.4) is 0 Å². The molecule has 0 aromatic heterocycles. The molecule has 3 rings (SSSR count). The molecule has 8 heteroatoms. The van der Waals surface area contributed by atoms with Gasteiger partial charge >= 0.3 is 0 Å². The zero-order valence-electron chi connectivity index (χ0n) is 17.0. The smallest absolute Gasteiger partial charge is 0.270 e. The van der Waals surface area contributed by atoms with Gasteiger partial charge in [0.05, 0.1) is 4.92 Å². The third-order valence-electron chi connectivity index (χ3n) is 5.19. The first-order valence-corrected chi connectivity index (χ1v) is 10.2. The van der Waals surface area contributed by atoms with Crippen LogP contribution >= 0.6 is 0 Å². The van der Waals surface area contributed by atoms with Crippen LogP contribution in [-0.2, 0) is 4.79 Å². The van der Waals surface area contributed by atoms with Gasteiger partial charge in [-0.25, -0.2) is 0 Å². The maximum Gasteiger partial charge on any atom is 0.270 e. The number of rotatable bonds is 7. The Labute approximate surface area is 175 Å². The number of unbranched alkanes of at least 4 members (excludes halogenated alkanes) is 1. The van der Waals surface area contributed by atoms with Crippen molar-refractivity contribution < 1.29 is 14.5 Å². The Kier molecular flexibility index (Phi) is 7.00. The molecule has 0 unspecified atom stereocenters. The fourth-order valence-corrected chi connectivity index (χ4v) is 3.42. The number of hydrogen-bond donors (Lipinski definition) is 1. The van der Waals surface area contributed by atoms with Crippen LogP contribution in [0.4, 0.5) is 17.1 Å². The van der Waals surface area contributed by atoms with Crippen LogP contribution in [0, 0.1) is 10.1 Å². The van der Waals surface area contributed by atoms with Crippen LogP contribution in [0.25, 0.3) is 0 Å². The van der Waals surface area contributed by atoms with Crippen LogP contribution in [-0.4, -0.2) is 47.8 Å². The first kappa shape index (κ1) is 21.3. The Morgan fingerprint density at radius 1 is 1.07 bits per heavy atom. The molecule has 2 aromatic carbocycles. The predicted octanol–water partition coefficient (Wildman–Crippen LogP) is 3.69.